The molecular formula is C19H20FN3O6S. The van der Waals surface area contributed by atoms with Gasteiger partial charge in [0, 0.05) is 12.7 Å². The second kappa shape index (κ2) is 9.35. The van der Waals surface area contributed by atoms with E-state index in [4.69, 9.17) is 4.74 Å². The number of rotatable bonds is 6. The van der Waals surface area contributed by atoms with E-state index in [1.165, 1.54) is 45.2 Å². The lowest BCUT2D eigenvalue weighted by atomic mass is 10.1. The van der Waals surface area contributed by atoms with E-state index in [-0.39, 0.29) is 16.1 Å². The third-order valence-electron chi connectivity index (χ3n) is 3.93. The smallest absolute Gasteiger partial charge is 0.338 e. The van der Waals surface area contributed by atoms with E-state index in [9.17, 15) is 27.2 Å². The Morgan fingerprint density at radius 1 is 1.07 bits per heavy atom. The largest absolute Gasteiger partial charge is 0.449 e. The van der Waals surface area contributed by atoms with Gasteiger partial charge in [-0.2, -0.15) is 0 Å². The highest BCUT2D eigenvalue weighted by Crippen LogP contribution is 2.21. The zero-order valence-corrected chi connectivity index (χ0v) is 17.2. The van der Waals surface area contributed by atoms with Gasteiger partial charge in [0.25, 0.3) is 15.9 Å². The summed E-state index contributed by atoms with van der Waals surface area (Å²) >= 11 is 0. The summed E-state index contributed by atoms with van der Waals surface area (Å²) in [6.45, 7) is 2.80. The maximum absolute atomic E-state index is 13.0. The van der Waals surface area contributed by atoms with E-state index in [2.05, 4.69) is 10.0 Å². The van der Waals surface area contributed by atoms with Crippen LogP contribution in [0.4, 0.5) is 14.9 Å². The molecule has 3 N–H and O–H groups in total. The van der Waals surface area contributed by atoms with Crippen molar-refractivity contribution < 1.29 is 31.9 Å². The van der Waals surface area contributed by atoms with E-state index in [0.717, 1.165) is 18.2 Å². The molecule has 0 aromatic heterocycles. The second-order valence-corrected chi connectivity index (χ2v) is 7.86. The van der Waals surface area contributed by atoms with Gasteiger partial charge in [0.1, 0.15) is 5.82 Å². The molecule has 0 fully saturated rings. The third kappa shape index (κ3) is 5.77. The number of aryl methyl sites for hydroxylation is 1. The summed E-state index contributed by atoms with van der Waals surface area (Å²) < 4.78 is 45.7. The Balaban J connectivity index is 2.21. The molecule has 0 heterocycles. The van der Waals surface area contributed by atoms with Gasteiger partial charge in [-0.25, -0.2) is 22.4 Å². The minimum Gasteiger partial charge on any atom is -0.449 e. The number of sulfonamides is 1. The maximum atomic E-state index is 13.0. The van der Waals surface area contributed by atoms with E-state index in [0.29, 0.717) is 5.56 Å². The van der Waals surface area contributed by atoms with Crippen LogP contribution >= 0.6 is 0 Å². The van der Waals surface area contributed by atoms with Crippen molar-refractivity contribution >= 4 is 33.6 Å². The number of halogens is 1. The number of anilines is 1. The number of hydrogen-bond donors (Lipinski definition) is 3. The third-order valence-corrected chi connectivity index (χ3v) is 5.45. The number of ether oxygens (including phenoxy) is 1. The van der Waals surface area contributed by atoms with Crippen molar-refractivity contribution in [1.82, 2.24) is 10.6 Å². The first kappa shape index (κ1) is 22.8. The van der Waals surface area contributed by atoms with Gasteiger partial charge in [0.2, 0.25) is 0 Å². The molecule has 0 bridgehead atoms. The summed E-state index contributed by atoms with van der Waals surface area (Å²) in [5.41, 5.74) is 0.384. The monoisotopic (exact) mass is 437 g/mol. The van der Waals surface area contributed by atoms with Gasteiger partial charge in [0.15, 0.2) is 6.10 Å². The highest BCUT2D eigenvalue weighted by Gasteiger charge is 2.23. The van der Waals surface area contributed by atoms with Crippen molar-refractivity contribution in [3.05, 3.63) is 59.4 Å². The molecule has 2 aromatic carbocycles. The van der Waals surface area contributed by atoms with E-state index in [1.807, 2.05) is 5.32 Å². The molecule has 2 rings (SSSR count). The molecule has 9 nitrogen and oxygen atoms in total. The summed E-state index contributed by atoms with van der Waals surface area (Å²) in [6, 6.07) is 7.81. The molecular weight excluding hydrogens is 417 g/mol. The van der Waals surface area contributed by atoms with Crippen LogP contribution in [0.5, 0.6) is 0 Å². The number of hydrogen-bond acceptors (Lipinski definition) is 6. The number of amides is 3. The standard InChI is InChI=1S/C19H20FN3O6S/c1-11-4-5-13(18(25)29-12(2)17(24)22-19(26)21-3)10-16(11)30(27,28)23-15-8-6-14(20)7-9-15/h4-10,12,23H,1-3H3,(H2,21,22,24,26). The van der Waals surface area contributed by atoms with E-state index < -0.39 is 39.9 Å². The zero-order valence-electron chi connectivity index (χ0n) is 16.4. The normalized spacial score (nSPS) is 11.9. The van der Waals surface area contributed by atoms with Crippen LogP contribution in [-0.2, 0) is 19.6 Å². The molecule has 0 aliphatic carbocycles. The molecule has 0 spiro atoms. The van der Waals surface area contributed by atoms with Crippen LogP contribution in [0.25, 0.3) is 0 Å². The van der Waals surface area contributed by atoms with Gasteiger partial charge < -0.3 is 10.1 Å². The first-order valence-corrected chi connectivity index (χ1v) is 10.1. The van der Waals surface area contributed by atoms with Gasteiger partial charge in [-0.1, -0.05) is 6.07 Å². The topological polar surface area (TPSA) is 131 Å². The fourth-order valence-electron chi connectivity index (χ4n) is 2.30. The first-order valence-electron chi connectivity index (χ1n) is 8.66. The molecule has 1 atom stereocenters. The second-order valence-electron chi connectivity index (χ2n) is 6.21. The Bertz CT molecular complexity index is 1070. The molecule has 160 valence electrons. The lowest BCUT2D eigenvalue weighted by Gasteiger charge is -2.14. The van der Waals surface area contributed by atoms with Crippen molar-refractivity contribution in [2.45, 2.75) is 24.8 Å². The van der Waals surface area contributed by atoms with Gasteiger partial charge in [-0.05, 0) is 55.8 Å². The fraction of sp³-hybridized carbons (Fsp3) is 0.211. The highest BCUT2D eigenvalue weighted by molar-refractivity contribution is 7.92. The SMILES string of the molecule is CNC(=O)NC(=O)C(C)OC(=O)c1ccc(C)c(S(=O)(=O)Nc2ccc(F)cc2)c1. The number of carbonyl (C=O) groups is 3. The molecule has 0 aliphatic heterocycles. The quantitative estimate of drug-likeness (QED) is 0.592. The summed E-state index contributed by atoms with van der Waals surface area (Å²) in [5, 5.41) is 4.15. The lowest BCUT2D eigenvalue weighted by Crippen LogP contribution is -2.43. The van der Waals surface area contributed by atoms with Crippen LogP contribution in [0.1, 0.15) is 22.8 Å². The van der Waals surface area contributed by atoms with Gasteiger partial charge in [-0.15, -0.1) is 0 Å². The summed E-state index contributed by atoms with van der Waals surface area (Å²) in [4.78, 5) is 35.1. The summed E-state index contributed by atoms with van der Waals surface area (Å²) in [5.74, 6) is -2.32. The van der Waals surface area contributed by atoms with Crippen LogP contribution in [0.15, 0.2) is 47.4 Å². The average Bonchev–Trinajstić information content (AvgIpc) is 2.69. The van der Waals surface area contributed by atoms with Crippen LogP contribution in [0, 0.1) is 12.7 Å². The Morgan fingerprint density at radius 3 is 2.30 bits per heavy atom. The Hall–Kier alpha value is -3.47. The molecule has 2 aromatic rings. The van der Waals surface area contributed by atoms with Gasteiger partial charge in [0.05, 0.1) is 10.5 Å². The van der Waals surface area contributed by atoms with Crippen LogP contribution in [-0.4, -0.2) is 39.5 Å². The number of imide groups is 1. The predicted octanol–water partition coefficient (Wildman–Crippen LogP) is 1.94. The Kier molecular flexibility index (Phi) is 7.11. The fourth-order valence-corrected chi connectivity index (χ4v) is 3.63. The van der Waals surface area contributed by atoms with E-state index in [1.54, 1.807) is 0 Å². The van der Waals surface area contributed by atoms with Crippen LogP contribution < -0.4 is 15.4 Å². The molecule has 11 heteroatoms. The lowest BCUT2D eigenvalue weighted by molar-refractivity contribution is -0.127. The van der Waals surface area contributed by atoms with Crippen LogP contribution in [0.3, 0.4) is 0 Å². The maximum Gasteiger partial charge on any atom is 0.338 e. The Labute approximate surface area is 172 Å². The van der Waals surface area contributed by atoms with Gasteiger partial charge >= 0.3 is 12.0 Å². The van der Waals surface area contributed by atoms with Crippen molar-refractivity contribution in [3.63, 3.8) is 0 Å². The predicted molar refractivity (Wildman–Crippen MR) is 106 cm³/mol. The number of carbonyl (C=O) groups excluding carboxylic acids is 3. The number of urea groups is 1. The minimum atomic E-state index is -4.09. The molecule has 1 unspecified atom stereocenters. The molecule has 0 saturated carbocycles. The van der Waals surface area contributed by atoms with Gasteiger partial charge in [-0.3, -0.25) is 14.8 Å². The zero-order chi connectivity index (χ0) is 22.5. The van der Waals surface area contributed by atoms with Crippen molar-refractivity contribution in [3.8, 4) is 0 Å². The minimum absolute atomic E-state index is 0.111. The Morgan fingerprint density at radius 2 is 1.70 bits per heavy atom. The highest BCUT2D eigenvalue weighted by atomic mass is 32.2. The molecule has 0 radical (unpaired) electrons. The van der Waals surface area contributed by atoms with Crippen LogP contribution in [0.2, 0.25) is 0 Å². The van der Waals surface area contributed by atoms with Crippen molar-refractivity contribution in [2.75, 3.05) is 11.8 Å². The summed E-state index contributed by atoms with van der Waals surface area (Å²) in [7, 11) is -2.78. The molecule has 30 heavy (non-hydrogen) atoms. The number of esters is 1. The average molecular weight is 437 g/mol. The van der Waals surface area contributed by atoms with E-state index >= 15 is 0 Å². The van der Waals surface area contributed by atoms with Crippen molar-refractivity contribution in [2.24, 2.45) is 0 Å². The molecule has 3 amide bonds. The number of nitrogens with one attached hydrogen (secondary N) is 3. The summed E-state index contributed by atoms with van der Waals surface area (Å²) in [6.07, 6.45) is -1.30. The number of benzene rings is 2. The molecule has 0 saturated heterocycles. The molecule has 0 aliphatic rings. The first-order chi connectivity index (χ1) is 14.0. The van der Waals surface area contributed by atoms with Crippen molar-refractivity contribution in [1.29, 1.82) is 0 Å².